The monoisotopic (exact) mass is 315 g/mol. The van der Waals surface area contributed by atoms with Gasteiger partial charge >= 0.3 is 5.97 Å². The molecule has 0 unspecified atom stereocenters. The van der Waals surface area contributed by atoms with E-state index in [1.807, 2.05) is 13.8 Å². The van der Waals surface area contributed by atoms with Crippen molar-refractivity contribution in [2.45, 2.75) is 20.3 Å². The quantitative estimate of drug-likeness (QED) is 0.742. The van der Waals surface area contributed by atoms with Crippen molar-refractivity contribution < 1.29 is 22.7 Å². The zero-order valence-corrected chi connectivity index (χ0v) is 13.3. The van der Waals surface area contributed by atoms with Crippen LogP contribution in [0.5, 0.6) is 5.75 Å². The van der Waals surface area contributed by atoms with E-state index in [9.17, 15) is 13.2 Å². The van der Waals surface area contributed by atoms with E-state index >= 15 is 0 Å². The number of hydrogen-bond donors (Lipinski definition) is 1. The molecule has 1 rings (SSSR count). The molecule has 0 saturated heterocycles. The number of anilines is 1. The standard InChI is InChI=1S/C14H21NO5S/c1-11(2)7-8-21(17,18)15-12-5-4-6-13(9-12)20-10-14(16)19-3/h4-6,9,11,15H,7-8,10H2,1-3H3. The summed E-state index contributed by atoms with van der Waals surface area (Å²) in [6, 6.07) is 6.43. The van der Waals surface area contributed by atoms with Gasteiger partial charge in [-0.2, -0.15) is 0 Å². The highest BCUT2D eigenvalue weighted by Crippen LogP contribution is 2.19. The third-order valence-electron chi connectivity index (χ3n) is 2.66. The van der Waals surface area contributed by atoms with Gasteiger partial charge in [-0.3, -0.25) is 4.72 Å². The molecular formula is C14H21NO5S. The van der Waals surface area contributed by atoms with E-state index in [2.05, 4.69) is 9.46 Å². The Bertz CT molecular complexity index is 568. The van der Waals surface area contributed by atoms with E-state index in [1.165, 1.54) is 13.2 Å². The second-order valence-electron chi connectivity index (χ2n) is 5.00. The van der Waals surface area contributed by atoms with E-state index in [1.54, 1.807) is 18.2 Å². The summed E-state index contributed by atoms with van der Waals surface area (Å²) in [4.78, 5) is 11.0. The minimum absolute atomic E-state index is 0.0674. The number of hydrogen-bond acceptors (Lipinski definition) is 5. The Morgan fingerprint density at radius 1 is 1.33 bits per heavy atom. The first-order chi connectivity index (χ1) is 9.82. The molecule has 0 bridgehead atoms. The molecule has 0 aliphatic rings. The Morgan fingerprint density at radius 3 is 2.67 bits per heavy atom. The van der Waals surface area contributed by atoms with Crippen LogP contribution in [0.25, 0.3) is 0 Å². The molecule has 0 spiro atoms. The number of esters is 1. The van der Waals surface area contributed by atoms with Gasteiger partial charge in [0.1, 0.15) is 5.75 Å². The normalized spacial score (nSPS) is 11.2. The molecule has 1 N–H and O–H groups in total. The molecular weight excluding hydrogens is 294 g/mol. The lowest BCUT2D eigenvalue weighted by molar-refractivity contribution is -0.142. The van der Waals surface area contributed by atoms with Crippen LogP contribution in [-0.4, -0.2) is 33.9 Å². The number of ether oxygens (including phenoxy) is 2. The Morgan fingerprint density at radius 2 is 2.05 bits per heavy atom. The molecule has 0 aliphatic carbocycles. The number of nitrogens with one attached hydrogen (secondary N) is 1. The van der Waals surface area contributed by atoms with Gasteiger partial charge in [0, 0.05) is 6.07 Å². The van der Waals surface area contributed by atoms with Gasteiger partial charge < -0.3 is 9.47 Å². The largest absolute Gasteiger partial charge is 0.482 e. The van der Waals surface area contributed by atoms with Gasteiger partial charge in [-0.05, 0) is 24.5 Å². The molecule has 0 fully saturated rings. The minimum atomic E-state index is -3.38. The molecule has 0 saturated carbocycles. The van der Waals surface area contributed by atoms with Crippen molar-refractivity contribution in [3.05, 3.63) is 24.3 Å². The topological polar surface area (TPSA) is 81.7 Å². The average Bonchev–Trinajstić information content (AvgIpc) is 2.42. The van der Waals surface area contributed by atoms with Crippen LogP contribution in [0.1, 0.15) is 20.3 Å². The maximum absolute atomic E-state index is 11.9. The van der Waals surface area contributed by atoms with Crippen molar-refractivity contribution in [3.8, 4) is 5.75 Å². The fourth-order valence-electron chi connectivity index (χ4n) is 1.47. The van der Waals surface area contributed by atoms with E-state index < -0.39 is 16.0 Å². The van der Waals surface area contributed by atoms with E-state index in [4.69, 9.17) is 4.74 Å². The van der Waals surface area contributed by atoms with Crippen LogP contribution in [0.4, 0.5) is 5.69 Å². The predicted octanol–water partition coefficient (Wildman–Crippen LogP) is 2.03. The van der Waals surface area contributed by atoms with Crippen LogP contribution >= 0.6 is 0 Å². The molecule has 6 nitrogen and oxygen atoms in total. The van der Waals surface area contributed by atoms with E-state index in [0.29, 0.717) is 23.8 Å². The second kappa shape index (κ2) is 7.87. The van der Waals surface area contributed by atoms with Crippen molar-refractivity contribution in [1.82, 2.24) is 0 Å². The highest BCUT2D eigenvalue weighted by molar-refractivity contribution is 7.92. The fourth-order valence-corrected chi connectivity index (χ4v) is 2.84. The van der Waals surface area contributed by atoms with Gasteiger partial charge in [-0.1, -0.05) is 19.9 Å². The lowest BCUT2D eigenvalue weighted by atomic mass is 10.2. The highest BCUT2D eigenvalue weighted by atomic mass is 32.2. The van der Waals surface area contributed by atoms with Crippen molar-refractivity contribution in [2.24, 2.45) is 5.92 Å². The van der Waals surface area contributed by atoms with Crippen LogP contribution in [0.15, 0.2) is 24.3 Å². The molecule has 0 aliphatic heterocycles. The molecule has 0 radical (unpaired) electrons. The first-order valence-electron chi connectivity index (χ1n) is 6.62. The summed E-state index contributed by atoms with van der Waals surface area (Å²) in [5.74, 6) is 0.274. The van der Waals surface area contributed by atoms with Gasteiger partial charge in [0.2, 0.25) is 10.0 Å². The summed E-state index contributed by atoms with van der Waals surface area (Å²) >= 11 is 0. The molecule has 21 heavy (non-hydrogen) atoms. The molecule has 1 aromatic carbocycles. The lowest BCUT2D eigenvalue weighted by Crippen LogP contribution is -2.18. The molecule has 0 heterocycles. The summed E-state index contributed by atoms with van der Waals surface area (Å²) in [6.07, 6.45) is 0.591. The Hall–Kier alpha value is -1.76. The Kier molecular flexibility index (Phi) is 6.48. The van der Waals surface area contributed by atoms with Crippen molar-refractivity contribution >= 4 is 21.7 Å². The SMILES string of the molecule is COC(=O)COc1cccc(NS(=O)(=O)CCC(C)C)c1. The third kappa shape index (κ3) is 6.99. The second-order valence-corrected chi connectivity index (χ2v) is 6.84. The third-order valence-corrected chi connectivity index (χ3v) is 3.98. The predicted molar refractivity (Wildman–Crippen MR) is 80.8 cm³/mol. The summed E-state index contributed by atoms with van der Waals surface area (Å²) < 4.78 is 36.0. The van der Waals surface area contributed by atoms with Gasteiger partial charge in [0.05, 0.1) is 18.6 Å². The number of sulfonamides is 1. The van der Waals surface area contributed by atoms with Gasteiger partial charge in [0.25, 0.3) is 0 Å². The number of benzene rings is 1. The van der Waals surface area contributed by atoms with Crippen molar-refractivity contribution in [1.29, 1.82) is 0 Å². The molecule has 0 amide bonds. The molecule has 1 aromatic rings. The van der Waals surface area contributed by atoms with Crippen LogP contribution in [0.3, 0.4) is 0 Å². The first-order valence-corrected chi connectivity index (χ1v) is 8.28. The molecule has 0 aromatic heterocycles. The smallest absolute Gasteiger partial charge is 0.343 e. The summed E-state index contributed by atoms with van der Waals surface area (Å²) in [5, 5.41) is 0. The number of carbonyl (C=O) groups excluding carboxylic acids is 1. The van der Waals surface area contributed by atoms with Crippen molar-refractivity contribution in [2.75, 3.05) is 24.2 Å². The molecule has 0 atom stereocenters. The van der Waals surface area contributed by atoms with Gasteiger partial charge in [-0.15, -0.1) is 0 Å². The van der Waals surface area contributed by atoms with Gasteiger partial charge in [0.15, 0.2) is 6.61 Å². The summed E-state index contributed by atoms with van der Waals surface area (Å²) in [7, 11) is -2.11. The number of carbonyl (C=O) groups is 1. The van der Waals surface area contributed by atoms with E-state index in [0.717, 1.165) is 0 Å². The maximum atomic E-state index is 11.9. The average molecular weight is 315 g/mol. The van der Waals surface area contributed by atoms with E-state index in [-0.39, 0.29) is 12.4 Å². The van der Waals surface area contributed by atoms with Crippen LogP contribution < -0.4 is 9.46 Å². The Labute approximate surface area is 125 Å². The lowest BCUT2D eigenvalue weighted by Gasteiger charge is -2.11. The molecule has 7 heteroatoms. The van der Waals surface area contributed by atoms with Crippen LogP contribution in [0, 0.1) is 5.92 Å². The fraction of sp³-hybridized carbons (Fsp3) is 0.500. The zero-order chi connectivity index (χ0) is 15.9. The maximum Gasteiger partial charge on any atom is 0.343 e. The Balaban J connectivity index is 2.65. The summed E-state index contributed by atoms with van der Waals surface area (Å²) in [6.45, 7) is 3.72. The minimum Gasteiger partial charge on any atom is -0.482 e. The van der Waals surface area contributed by atoms with Crippen LogP contribution in [0.2, 0.25) is 0 Å². The summed E-state index contributed by atoms with van der Waals surface area (Å²) in [5.41, 5.74) is 0.404. The van der Waals surface area contributed by atoms with Crippen LogP contribution in [-0.2, 0) is 19.6 Å². The number of rotatable bonds is 8. The zero-order valence-electron chi connectivity index (χ0n) is 12.5. The highest BCUT2D eigenvalue weighted by Gasteiger charge is 2.12. The van der Waals surface area contributed by atoms with Crippen molar-refractivity contribution in [3.63, 3.8) is 0 Å². The van der Waals surface area contributed by atoms with Gasteiger partial charge in [-0.25, -0.2) is 13.2 Å². The number of methoxy groups -OCH3 is 1. The first kappa shape index (κ1) is 17.3. The molecule has 118 valence electrons.